The smallest absolute Gasteiger partial charge is 0.305 e. The topological polar surface area (TPSA) is 26.3 Å². The number of hydrogen-bond acceptors (Lipinski definition) is 2. The quantitative estimate of drug-likeness (QED) is 0.230. The molecule has 0 unspecified atom stereocenters. The number of halogens is 1. The second-order valence-corrected chi connectivity index (χ2v) is 11.1. The van der Waals surface area contributed by atoms with Gasteiger partial charge in [0.1, 0.15) is 23.2 Å². The van der Waals surface area contributed by atoms with Gasteiger partial charge >= 0.3 is 5.97 Å². The molecule has 0 aliphatic carbocycles. The minimum absolute atomic E-state index is 0. The van der Waals surface area contributed by atoms with Crippen LogP contribution in [0.25, 0.3) is 0 Å². The first-order chi connectivity index (χ1) is 14.8. The Labute approximate surface area is 198 Å². The molecule has 0 N–H and O–H groups in total. The molecule has 3 aromatic rings. The third kappa shape index (κ3) is 6.76. The van der Waals surface area contributed by atoms with E-state index in [2.05, 4.69) is 91.0 Å². The predicted molar refractivity (Wildman–Crippen MR) is 130 cm³/mol. The average molecular weight is 499 g/mol. The van der Waals surface area contributed by atoms with Crippen molar-refractivity contribution in [2.75, 3.05) is 12.8 Å². The van der Waals surface area contributed by atoms with Crippen molar-refractivity contribution in [2.45, 2.75) is 39.0 Å². The SMILES string of the molecule is CCOC(=O)CCCCCC[P+](c1ccccc1)(c1ccccc1)c1ccccc1.[Br-]. The fourth-order valence-electron chi connectivity index (χ4n) is 4.09. The summed E-state index contributed by atoms with van der Waals surface area (Å²) in [7, 11) is -1.72. The van der Waals surface area contributed by atoms with Gasteiger partial charge in [0.25, 0.3) is 0 Å². The molecule has 0 aromatic heterocycles. The molecule has 0 saturated carbocycles. The summed E-state index contributed by atoms with van der Waals surface area (Å²) in [6, 6.07) is 33.1. The highest BCUT2D eigenvalue weighted by Crippen LogP contribution is 2.55. The Morgan fingerprint density at radius 3 is 1.52 bits per heavy atom. The van der Waals surface area contributed by atoms with Crippen LogP contribution in [0.2, 0.25) is 0 Å². The summed E-state index contributed by atoms with van der Waals surface area (Å²) in [5.41, 5.74) is 0. The molecule has 0 atom stereocenters. The summed E-state index contributed by atoms with van der Waals surface area (Å²) in [5.74, 6) is -0.0720. The van der Waals surface area contributed by atoms with Crippen LogP contribution in [0, 0.1) is 0 Å². The van der Waals surface area contributed by atoms with Crippen LogP contribution in [0.1, 0.15) is 39.0 Å². The zero-order valence-electron chi connectivity index (χ0n) is 18.3. The molecule has 164 valence electrons. The second-order valence-electron chi connectivity index (χ2n) is 7.51. The molecule has 3 rings (SSSR count). The van der Waals surface area contributed by atoms with Crippen LogP contribution in [0.15, 0.2) is 91.0 Å². The fraction of sp³-hybridized carbons (Fsp3) is 0.296. The van der Waals surface area contributed by atoms with Gasteiger partial charge in [0, 0.05) is 6.42 Å². The molecule has 31 heavy (non-hydrogen) atoms. The number of rotatable bonds is 11. The van der Waals surface area contributed by atoms with Crippen molar-refractivity contribution >= 4 is 29.1 Å². The molecule has 0 amide bonds. The summed E-state index contributed by atoms with van der Waals surface area (Å²) < 4.78 is 5.04. The van der Waals surface area contributed by atoms with Crippen LogP contribution in [-0.4, -0.2) is 18.7 Å². The molecule has 4 heteroatoms. The van der Waals surface area contributed by atoms with Gasteiger partial charge in [-0.3, -0.25) is 4.79 Å². The van der Waals surface area contributed by atoms with Crippen LogP contribution < -0.4 is 32.9 Å². The van der Waals surface area contributed by atoms with Gasteiger partial charge in [-0.2, -0.15) is 0 Å². The van der Waals surface area contributed by atoms with Crippen molar-refractivity contribution in [3.05, 3.63) is 91.0 Å². The zero-order valence-corrected chi connectivity index (χ0v) is 20.7. The third-order valence-corrected chi connectivity index (χ3v) is 10.0. The lowest BCUT2D eigenvalue weighted by atomic mass is 10.1. The van der Waals surface area contributed by atoms with E-state index in [1.165, 1.54) is 15.9 Å². The highest BCUT2D eigenvalue weighted by atomic mass is 79.9. The largest absolute Gasteiger partial charge is 1.00 e. The normalized spacial score (nSPS) is 10.9. The van der Waals surface area contributed by atoms with Gasteiger partial charge in [-0.1, -0.05) is 61.0 Å². The van der Waals surface area contributed by atoms with Crippen molar-refractivity contribution < 1.29 is 26.5 Å². The van der Waals surface area contributed by atoms with Crippen LogP contribution in [0.3, 0.4) is 0 Å². The lowest BCUT2D eigenvalue weighted by Gasteiger charge is -2.27. The molecule has 0 saturated heterocycles. The molecular formula is C27H32BrO2P. The molecular weight excluding hydrogens is 467 g/mol. The van der Waals surface area contributed by atoms with Crippen molar-refractivity contribution in [2.24, 2.45) is 0 Å². The van der Waals surface area contributed by atoms with Gasteiger partial charge in [-0.05, 0) is 62.6 Å². The molecule has 0 heterocycles. The summed E-state index contributed by atoms with van der Waals surface area (Å²) in [6.45, 7) is 2.33. The maximum absolute atomic E-state index is 11.6. The van der Waals surface area contributed by atoms with Gasteiger partial charge < -0.3 is 21.7 Å². The van der Waals surface area contributed by atoms with Crippen molar-refractivity contribution in [3.63, 3.8) is 0 Å². The first-order valence-corrected chi connectivity index (χ1v) is 13.0. The van der Waals surface area contributed by atoms with E-state index in [0.29, 0.717) is 13.0 Å². The van der Waals surface area contributed by atoms with E-state index >= 15 is 0 Å². The van der Waals surface area contributed by atoms with E-state index in [4.69, 9.17) is 4.74 Å². The number of benzene rings is 3. The Morgan fingerprint density at radius 1 is 0.677 bits per heavy atom. The van der Waals surface area contributed by atoms with E-state index in [0.717, 1.165) is 31.8 Å². The molecule has 3 aromatic carbocycles. The van der Waals surface area contributed by atoms with Crippen molar-refractivity contribution in [1.29, 1.82) is 0 Å². The van der Waals surface area contributed by atoms with Gasteiger partial charge in [-0.15, -0.1) is 0 Å². The monoisotopic (exact) mass is 498 g/mol. The first-order valence-electron chi connectivity index (χ1n) is 11.0. The first kappa shape index (κ1) is 25.3. The molecule has 0 aliphatic heterocycles. The zero-order chi connectivity index (χ0) is 21.1. The highest BCUT2D eigenvalue weighted by Gasteiger charge is 2.44. The van der Waals surface area contributed by atoms with Crippen LogP contribution in [0.4, 0.5) is 0 Å². The van der Waals surface area contributed by atoms with Gasteiger partial charge in [0.15, 0.2) is 0 Å². The average Bonchev–Trinajstić information content (AvgIpc) is 2.81. The minimum Gasteiger partial charge on any atom is -1.00 e. The van der Waals surface area contributed by atoms with Gasteiger partial charge in [0.2, 0.25) is 0 Å². The van der Waals surface area contributed by atoms with E-state index < -0.39 is 7.26 Å². The number of ether oxygens (including phenoxy) is 1. The summed E-state index contributed by atoms with van der Waals surface area (Å²) in [6.07, 6.45) is 5.93. The van der Waals surface area contributed by atoms with E-state index in [1.807, 2.05) is 6.92 Å². The number of esters is 1. The Hall–Kier alpha value is -1.96. The Balaban J connectivity index is 0.00000341. The fourth-order valence-corrected chi connectivity index (χ4v) is 8.50. The van der Waals surface area contributed by atoms with Crippen molar-refractivity contribution in [1.82, 2.24) is 0 Å². The number of hydrogen-bond donors (Lipinski definition) is 0. The standard InChI is InChI=1S/C27H32O2P.BrH/c1-2-29-27(28)22-14-3-4-15-23-30(24-16-8-5-9-17-24,25-18-10-6-11-19-25)26-20-12-7-13-21-26;/h5-13,16-21H,2-4,14-15,22-23H2,1H3;1H/q+1;/p-1. The van der Waals surface area contributed by atoms with E-state index in [-0.39, 0.29) is 23.0 Å². The highest BCUT2D eigenvalue weighted by molar-refractivity contribution is 7.95. The molecule has 2 nitrogen and oxygen atoms in total. The number of unbranched alkanes of at least 4 members (excludes halogenated alkanes) is 3. The number of carbonyl (C=O) groups is 1. The lowest BCUT2D eigenvalue weighted by molar-refractivity contribution is -0.143. The van der Waals surface area contributed by atoms with E-state index in [1.54, 1.807) is 0 Å². The van der Waals surface area contributed by atoms with Gasteiger partial charge in [-0.25, -0.2) is 0 Å². The molecule has 0 aliphatic rings. The Kier molecular flexibility index (Phi) is 11.0. The maximum atomic E-state index is 11.6. The lowest BCUT2D eigenvalue weighted by Crippen LogP contribution is -3.00. The maximum Gasteiger partial charge on any atom is 0.305 e. The molecule has 0 radical (unpaired) electrons. The predicted octanol–water partition coefficient (Wildman–Crippen LogP) is 2.50. The van der Waals surface area contributed by atoms with Crippen molar-refractivity contribution in [3.8, 4) is 0 Å². The Bertz CT molecular complexity index is 788. The van der Waals surface area contributed by atoms with Crippen LogP contribution >= 0.6 is 7.26 Å². The summed E-state index contributed by atoms with van der Waals surface area (Å²) >= 11 is 0. The van der Waals surface area contributed by atoms with Crippen LogP contribution in [-0.2, 0) is 9.53 Å². The summed E-state index contributed by atoms with van der Waals surface area (Å²) in [5, 5.41) is 4.32. The summed E-state index contributed by atoms with van der Waals surface area (Å²) in [4.78, 5) is 11.6. The van der Waals surface area contributed by atoms with E-state index in [9.17, 15) is 4.79 Å². The molecule has 0 bridgehead atoms. The Morgan fingerprint density at radius 2 is 1.10 bits per heavy atom. The second kappa shape index (κ2) is 13.5. The van der Waals surface area contributed by atoms with Gasteiger partial charge in [0.05, 0.1) is 12.8 Å². The third-order valence-electron chi connectivity index (χ3n) is 5.52. The van der Waals surface area contributed by atoms with Crippen LogP contribution in [0.5, 0.6) is 0 Å². The molecule has 0 fully saturated rings. The molecule has 0 spiro atoms. The number of carbonyl (C=O) groups excluding carboxylic acids is 1. The minimum atomic E-state index is -1.72.